The van der Waals surface area contributed by atoms with E-state index >= 15 is 0 Å². The number of carbonyl (C=O) groups excluding carboxylic acids is 1. The van der Waals surface area contributed by atoms with Crippen molar-refractivity contribution in [2.75, 3.05) is 12.8 Å². The molecule has 4 saturated carbocycles. The number of benzene rings is 1. The zero-order valence-electron chi connectivity index (χ0n) is 14.3. The lowest BCUT2D eigenvalue weighted by Gasteiger charge is -2.56. The number of ether oxygens (including phenoxy) is 1. The number of methoxy groups -OCH3 is 1. The van der Waals surface area contributed by atoms with Crippen molar-refractivity contribution in [2.45, 2.75) is 44.1 Å². The first kappa shape index (κ1) is 15.6. The normalized spacial score (nSPS) is 33.8. The maximum absolute atomic E-state index is 12.5. The average molecular weight is 326 g/mol. The molecule has 0 aromatic heterocycles. The van der Waals surface area contributed by atoms with Gasteiger partial charge >= 0.3 is 0 Å². The molecule has 0 unspecified atom stereocenters. The molecule has 0 saturated heterocycles. The second kappa shape index (κ2) is 5.83. The molecule has 128 valence electrons. The summed E-state index contributed by atoms with van der Waals surface area (Å²) in [5, 5.41) is 3.35. The molecule has 1 aromatic carbocycles. The number of nitrogen functional groups attached to an aromatic ring is 1. The Morgan fingerprint density at radius 2 is 1.83 bits per heavy atom. The quantitative estimate of drug-likeness (QED) is 0.658. The molecular weight excluding hydrogens is 300 g/mol. The molecule has 0 heterocycles. The fourth-order valence-electron chi connectivity index (χ4n) is 5.60. The molecule has 0 aliphatic heterocycles. The predicted octanol–water partition coefficient (Wildman–Crippen LogP) is 3.38. The van der Waals surface area contributed by atoms with E-state index in [1.54, 1.807) is 13.2 Å². The first-order valence-corrected chi connectivity index (χ1v) is 8.99. The number of nitrogens with two attached hydrogens (primary N) is 1. The van der Waals surface area contributed by atoms with Gasteiger partial charge in [-0.15, -0.1) is 0 Å². The van der Waals surface area contributed by atoms with Gasteiger partial charge in [0.2, 0.25) is 5.91 Å². The molecule has 4 fully saturated rings. The second-order valence-corrected chi connectivity index (χ2v) is 8.02. The number of nitrogens with one attached hydrogen (secondary N) is 1. The number of carbonyl (C=O) groups is 1. The van der Waals surface area contributed by atoms with Crippen LogP contribution in [0, 0.1) is 17.8 Å². The van der Waals surface area contributed by atoms with Gasteiger partial charge in [0.25, 0.3) is 0 Å². The van der Waals surface area contributed by atoms with E-state index in [1.807, 2.05) is 24.3 Å². The van der Waals surface area contributed by atoms with Crippen LogP contribution < -0.4 is 15.8 Å². The van der Waals surface area contributed by atoms with Gasteiger partial charge in [0.05, 0.1) is 12.8 Å². The number of rotatable bonds is 4. The van der Waals surface area contributed by atoms with Gasteiger partial charge in [-0.2, -0.15) is 0 Å². The largest absolute Gasteiger partial charge is 0.495 e. The standard InChI is InChI=1S/C20H26N2O2/c1-24-18-4-2-13(9-17(18)21)3-5-19(23)22-20-10-14-6-15(11-20)8-16(7-14)12-20/h2-5,9,14-16H,6-8,10-12,21H2,1H3,(H,22,23)/b5-3-. The fourth-order valence-corrected chi connectivity index (χ4v) is 5.60. The monoisotopic (exact) mass is 326 g/mol. The topological polar surface area (TPSA) is 64.3 Å². The summed E-state index contributed by atoms with van der Waals surface area (Å²) in [4.78, 5) is 12.5. The summed E-state index contributed by atoms with van der Waals surface area (Å²) in [5.74, 6) is 3.18. The molecular formula is C20H26N2O2. The lowest BCUT2D eigenvalue weighted by molar-refractivity contribution is -0.122. The highest BCUT2D eigenvalue weighted by Gasteiger charge is 2.51. The van der Waals surface area contributed by atoms with Crippen molar-refractivity contribution in [1.29, 1.82) is 0 Å². The van der Waals surface area contributed by atoms with Gasteiger partial charge in [-0.3, -0.25) is 4.79 Å². The van der Waals surface area contributed by atoms with Crippen LogP contribution in [-0.2, 0) is 4.79 Å². The maximum atomic E-state index is 12.5. The van der Waals surface area contributed by atoms with Crippen LogP contribution in [0.2, 0.25) is 0 Å². The van der Waals surface area contributed by atoms with Crippen molar-refractivity contribution in [2.24, 2.45) is 17.8 Å². The van der Waals surface area contributed by atoms with E-state index in [0.717, 1.165) is 23.3 Å². The van der Waals surface area contributed by atoms with Gasteiger partial charge in [0.1, 0.15) is 5.75 Å². The third-order valence-electron chi connectivity index (χ3n) is 6.11. The minimum atomic E-state index is 0.0198. The lowest BCUT2D eigenvalue weighted by Crippen LogP contribution is -2.59. The van der Waals surface area contributed by atoms with Crippen molar-refractivity contribution in [1.82, 2.24) is 5.32 Å². The van der Waals surface area contributed by atoms with E-state index in [1.165, 1.54) is 38.5 Å². The van der Waals surface area contributed by atoms with Crippen molar-refractivity contribution in [3.05, 3.63) is 29.8 Å². The molecule has 4 aliphatic carbocycles. The Kier molecular flexibility index (Phi) is 3.78. The Labute approximate surface area is 143 Å². The number of hydrogen-bond donors (Lipinski definition) is 2. The summed E-state index contributed by atoms with van der Waals surface area (Å²) < 4.78 is 5.16. The van der Waals surface area contributed by atoms with Gasteiger partial charge in [-0.25, -0.2) is 0 Å². The SMILES string of the molecule is COc1ccc(/C=C\C(=O)NC23CC4CC(CC(C4)C2)C3)cc1N. The summed E-state index contributed by atoms with van der Waals surface area (Å²) in [7, 11) is 1.60. The van der Waals surface area contributed by atoms with Gasteiger partial charge in [-0.05, 0) is 80.1 Å². The summed E-state index contributed by atoms with van der Waals surface area (Å²) in [6, 6.07) is 5.56. The van der Waals surface area contributed by atoms with Gasteiger partial charge in [-0.1, -0.05) is 6.07 Å². The molecule has 3 N–H and O–H groups in total. The predicted molar refractivity (Wildman–Crippen MR) is 95.5 cm³/mol. The Morgan fingerprint density at radius 1 is 1.21 bits per heavy atom. The highest BCUT2D eigenvalue weighted by Crippen LogP contribution is 2.55. The molecule has 1 amide bonds. The molecule has 0 atom stereocenters. The minimum absolute atomic E-state index is 0.0198. The number of anilines is 1. The molecule has 4 heteroatoms. The highest BCUT2D eigenvalue weighted by atomic mass is 16.5. The van der Waals surface area contributed by atoms with Crippen LogP contribution in [0.1, 0.15) is 44.1 Å². The zero-order valence-corrected chi connectivity index (χ0v) is 14.3. The van der Waals surface area contributed by atoms with Crippen LogP contribution in [-0.4, -0.2) is 18.6 Å². The van der Waals surface area contributed by atoms with Crippen LogP contribution >= 0.6 is 0 Å². The third-order valence-corrected chi connectivity index (χ3v) is 6.11. The Bertz CT molecular complexity index is 645. The maximum Gasteiger partial charge on any atom is 0.244 e. The van der Waals surface area contributed by atoms with Gasteiger partial charge in [0, 0.05) is 11.6 Å². The van der Waals surface area contributed by atoms with E-state index in [-0.39, 0.29) is 11.4 Å². The third kappa shape index (κ3) is 2.90. The summed E-state index contributed by atoms with van der Waals surface area (Å²) in [6.45, 7) is 0. The van der Waals surface area contributed by atoms with Crippen molar-refractivity contribution < 1.29 is 9.53 Å². The van der Waals surface area contributed by atoms with E-state index in [0.29, 0.717) is 11.4 Å². The van der Waals surface area contributed by atoms with Crippen LogP contribution in [0.25, 0.3) is 6.08 Å². The zero-order chi connectivity index (χ0) is 16.7. The summed E-state index contributed by atoms with van der Waals surface area (Å²) in [5.41, 5.74) is 7.47. The van der Waals surface area contributed by atoms with E-state index in [2.05, 4.69) is 5.32 Å². The van der Waals surface area contributed by atoms with Crippen molar-refractivity contribution >= 4 is 17.7 Å². The Balaban J connectivity index is 1.42. The molecule has 4 aliphatic rings. The Hall–Kier alpha value is -1.97. The molecule has 0 spiro atoms. The lowest BCUT2D eigenvalue weighted by atomic mass is 9.53. The summed E-state index contributed by atoms with van der Waals surface area (Å²) in [6.07, 6.45) is 11.1. The number of hydrogen-bond acceptors (Lipinski definition) is 3. The first-order chi connectivity index (χ1) is 11.5. The molecule has 4 bridgehead atoms. The average Bonchev–Trinajstić information content (AvgIpc) is 2.51. The van der Waals surface area contributed by atoms with E-state index in [4.69, 9.17) is 10.5 Å². The fraction of sp³-hybridized carbons (Fsp3) is 0.550. The first-order valence-electron chi connectivity index (χ1n) is 8.99. The van der Waals surface area contributed by atoms with Crippen LogP contribution in [0.4, 0.5) is 5.69 Å². The van der Waals surface area contributed by atoms with Crippen molar-refractivity contribution in [3.8, 4) is 5.75 Å². The summed E-state index contributed by atoms with van der Waals surface area (Å²) >= 11 is 0. The van der Waals surface area contributed by atoms with E-state index in [9.17, 15) is 4.79 Å². The van der Waals surface area contributed by atoms with Gasteiger partial charge in [0.15, 0.2) is 0 Å². The van der Waals surface area contributed by atoms with Gasteiger partial charge < -0.3 is 15.8 Å². The Morgan fingerprint density at radius 3 is 2.38 bits per heavy atom. The molecule has 5 rings (SSSR count). The van der Waals surface area contributed by atoms with Crippen LogP contribution in [0.3, 0.4) is 0 Å². The molecule has 0 radical (unpaired) electrons. The molecule has 1 aromatic rings. The minimum Gasteiger partial charge on any atom is -0.495 e. The molecule has 24 heavy (non-hydrogen) atoms. The number of amides is 1. The second-order valence-electron chi connectivity index (χ2n) is 8.02. The van der Waals surface area contributed by atoms with E-state index < -0.39 is 0 Å². The van der Waals surface area contributed by atoms with Crippen molar-refractivity contribution in [3.63, 3.8) is 0 Å². The molecule has 4 nitrogen and oxygen atoms in total. The van der Waals surface area contributed by atoms with Crippen LogP contribution in [0.15, 0.2) is 24.3 Å². The van der Waals surface area contributed by atoms with Crippen LogP contribution in [0.5, 0.6) is 5.75 Å². The highest BCUT2D eigenvalue weighted by molar-refractivity contribution is 5.92. The smallest absolute Gasteiger partial charge is 0.244 e.